The van der Waals surface area contributed by atoms with E-state index in [1.165, 1.54) is 14.2 Å². The van der Waals surface area contributed by atoms with Gasteiger partial charge >= 0.3 is 12.0 Å². The molecule has 2 atom stereocenters. The predicted octanol–water partition coefficient (Wildman–Crippen LogP) is 4.11. The van der Waals surface area contributed by atoms with Crippen molar-refractivity contribution in [1.29, 1.82) is 0 Å². The summed E-state index contributed by atoms with van der Waals surface area (Å²) in [4.78, 5) is 54.5. The summed E-state index contributed by atoms with van der Waals surface area (Å²) in [6.45, 7) is 5.56. The van der Waals surface area contributed by atoms with Gasteiger partial charge in [0, 0.05) is 18.4 Å². The number of aliphatic carboxylic acids is 1. The number of nitrogens with zero attached hydrogens (tertiary/aromatic N) is 1. The van der Waals surface area contributed by atoms with Crippen molar-refractivity contribution < 1.29 is 33.8 Å². The minimum absolute atomic E-state index is 0.00499. The molecule has 0 aliphatic heterocycles. The average molecular weight is 606 g/mol. The summed E-state index contributed by atoms with van der Waals surface area (Å²) < 4.78 is 10.5. The van der Waals surface area contributed by atoms with E-state index in [4.69, 9.17) is 9.47 Å². The van der Waals surface area contributed by atoms with Crippen molar-refractivity contribution >= 4 is 35.3 Å². The third-order valence-corrected chi connectivity index (χ3v) is 6.68. The molecule has 0 radical (unpaired) electrons. The van der Waals surface area contributed by atoms with Gasteiger partial charge < -0.3 is 30.5 Å². The van der Waals surface area contributed by atoms with E-state index in [9.17, 15) is 24.3 Å². The Morgan fingerprint density at radius 2 is 1.61 bits per heavy atom. The first-order valence-corrected chi connectivity index (χ1v) is 14.1. The van der Waals surface area contributed by atoms with Gasteiger partial charge in [-0.25, -0.2) is 9.78 Å². The van der Waals surface area contributed by atoms with Gasteiger partial charge in [-0.3, -0.25) is 19.7 Å². The predicted molar refractivity (Wildman–Crippen MR) is 166 cm³/mol. The van der Waals surface area contributed by atoms with Gasteiger partial charge in [-0.05, 0) is 66.3 Å². The molecule has 234 valence electrons. The molecule has 0 unspecified atom stereocenters. The van der Waals surface area contributed by atoms with Gasteiger partial charge in [0.15, 0.2) is 11.5 Å². The quantitative estimate of drug-likeness (QED) is 0.183. The third-order valence-electron chi connectivity index (χ3n) is 6.68. The standard InChI is InChI=1S/C32H39N5O7/c1-19(2)14-25(30(39)34-18-24(31(40)41)22-9-12-26(43-4)27(16-22)44-5)36-29(38)15-21-7-10-23(11-8-21)35-32(42)37-28-13-6-20(3)17-33-28/h6-13,16-17,19,24-25H,14-15,18H2,1-5H3,(H,34,39)(H,36,38)(H,40,41)(H2,33,35,37,42)/t24-,25+/m1/s1. The smallest absolute Gasteiger partial charge is 0.324 e. The topological polar surface area (TPSA) is 168 Å². The number of benzene rings is 2. The lowest BCUT2D eigenvalue weighted by molar-refractivity contribution is -0.139. The number of carbonyl (C=O) groups is 4. The van der Waals surface area contributed by atoms with Gasteiger partial charge in [0.1, 0.15) is 11.9 Å². The zero-order valence-corrected chi connectivity index (χ0v) is 25.5. The summed E-state index contributed by atoms with van der Waals surface area (Å²) in [7, 11) is 2.93. The largest absolute Gasteiger partial charge is 0.493 e. The Morgan fingerprint density at radius 3 is 2.20 bits per heavy atom. The molecule has 0 aliphatic rings. The molecule has 44 heavy (non-hydrogen) atoms. The molecule has 12 nitrogen and oxygen atoms in total. The van der Waals surface area contributed by atoms with Crippen molar-refractivity contribution in [3.05, 3.63) is 77.5 Å². The van der Waals surface area contributed by atoms with Crippen LogP contribution < -0.4 is 30.7 Å². The van der Waals surface area contributed by atoms with Crippen LogP contribution in [0.25, 0.3) is 0 Å². The summed E-state index contributed by atoms with van der Waals surface area (Å²) in [6, 6.07) is 13.7. The highest BCUT2D eigenvalue weighted by Crippen LogP contribution is 2.30. The number of pyridine rings is 1. The first-order valence-electron chi connectivity index (χ1n) is 14.1. The van der Waals surface area contributed by atoms with Crippen LogP contribution in [0.15, 0.2) is 60.8 Å². The molecule has 0 spiro atoms. The van der Waals surface area contributed by atoms with Gasteiger partial charge in [0.05, 0.1) is 26.6 Å². The number of aromatic nitrogens is 1. The molecule has 12 heteroatoms. The maximum Gasteiger partial charge on any atom is 0.324 e. The Kier molecular flexibility index (Phi) is 12.1. The van der Waals surface area contributed by atoms with E-state index in [1.54, 1.807) is 54.7 Å². The van der Waals surface area contributed by atoms with Crippen molar-refractivity contribution in [1.82, 2.24) is 15.6 Å². The van der Waals surface area contributed by atoms with Crippen molar-refractivity contribution in [3.63, 3.8) is 0 Å². The van der Waals surface area contributed by atoms with Crippen molar-refractivity contribution in [3.8, 4) is 11.5 Å². The molecular formula is C32H39N5O7. The summed E-state index contributed by atoms with van der Waals surface area (Å²) in [6.07, 6.45) is 2.02. The number of nitrogens with one attached hydrogen (secondary N) is 4. The minimum atomic E-state index is -1.12. The van der Waals surface area contributed by atoms with E-state index in [0.717, 1.165) is 5.56 Å². The van der Waals surface area contributed by atoms with Crippen LogP contribution in [-0.4, -0.2) is 60.7 Å². The molecule has 0 fully saturated rings. The lowest BCUT2D eigenvalue weighted by Crippen LogP contribution is -2.49. The van der Waals surface area contributed by atoms with E-state index in [-0.39, 0.29) is 24.8 Å². The number of carboxylic acid groups (broad SMARTS) is 1. The highest BCUT2D eigenvalue weighted by Gasteiger charge is 2.26. The zero-order chi connectivity index (χ0) is 32.2. The molecule has 5 N–H and O–H groups in total. The molecule has 3 rings (SSSR count). The van der Waals surface area contributed by atoms with Gasteiger partial charge in [-0.2, -0.15) is 0 Å². The Bertz CT molecular complexity index is 1440. The van der Waals surface area contributed by atoms with E-state index in [0.29, 0.717) is 40.6 Å². The fraction of sp³-hybridized carbons (Fsp3) is 0.344. The Hall–Kier alpha value is -5.13. The third kappa shape index (κ3) is 10.0. The zero-order valence-electron chi connectivity index (χ0n) is 25.5. The van der Waals surface area contributed by atoms with Crippen LogP contribution in [0.5, 0.6) is 11.5 Å². The van der Waals surface area contributed by atoms with E-state index >= 15 is 0 Å². The molecule has 3 aromatic rings. The molecule has 0 saturated carbocycles. The fourth-order valence-electron chi connectivity index (χ4n) is 4.40. The molecule has 1 heterocycles. The number of urea groups is 1. The second-order valence-corrected chi connectivity index (χ2v) is 10.7. The van der Waals surface area contributed by atoms with Gasteiger partial charge in [0.2, 0.25) is 11.8 Å². The number of methoxy groups -OCH3 is 2. The lowest BCUT2D eigenvalue weighted by atomic mass is 9.97. The fourth-order valence-corrected chi connectivity index (χ4v) is 4.40. The average Bonchev–Trinajstić information content (AvgIpc) is 2.98. The second-order valence-electron chi connectivity index (χ2n) is 10.7. The number of hydrogen-bond acceptors (Lipinski definition) is 7. The van der Waals surface area contributed by atoms with Crippen molar-refractivity contribution in [2.24, 2.45) is 5.92 Å². The highest BCUT2D eigenvalue weighted by molar-refractivity contribution is 5.99. The van der Waals surface area contributed by atoms with E-state index in [1.807, 2.05) is 26.8 Å². The van der Waals surface area contributed by atoms with Gasteiger partial charge in [-0.1, -0.05) is 38.1 Å². The number of aryl methyl sites for hydroxylation is 1. The van der Waals surface area contributed by atoms with Gasteiger partial charge in [0.25, 0.3) is 0 Å². The second kappa shape index (κ2) is 15.9. The molecule has 0 saturated heterocycles. The first-order chi connectivity index (χ1) is 21.0. The summed E-state index contributed by atoms with van der Waals surface area (Å²) in [5.74, 6) is -1.69. The van der Waals surface area contributed by atoms with Crippen molar-refractivity contribution in [2.75, 3.05) is 31.4 Å². The van der Waals surface area contributed by atoms with Crippen LogP contribution >= 0.6 is 0 Å². The minimum Gasteiger partial charge on any atom is -0.493 e. The summed E-state index contributed by atoms with van der Waals surface area (Å²) >= 11 is 0. The Balaban J connectivity index is 1.58. The van der Waals surface area contributed by atoms with Crippen LogP contribution in [0.2, 0.25) is 0 Å². The number of rotatable bonds is 14. The number of hydrogen-bond donors (Lipinski definition) is 5. The monoisotopic (exact) mass is 605 g/mol. The number of amides is 4. The number of carbonyl (C=O) groups excluding carboxylic acids is 3. The van der Waals surface area contributed by atoms with Crippen LogP contribution in [-0.2, 0) is 20.8 Å². The Morgan fingerprint density at radius 1 is 0.909 bits per heavy atom. The van der Waals surface area contributed by atoms with Crippen LogP contribution in [0, 0.1) is 12.8 Å². The molecular weight excluding hydrogens is 566 g/mol. The Labute approximate surface area is 256 Å². The maximum atomic E-state index is 13.1. The summed E-state index contributed by atoms with van der Waals surface area (Å²) in [5.41, 5.74) is 2.61. The SMILES string of the molecule is COc1ccc([C@@H](CNC(=O)[C@H](CC(C)C)NC(=O)Cc2ccc(NC(=O)Nc3ccc(C)cn3)cc2)C(=O)O)cc1OC. The molecule has 4 amide bonds. The first kappa shape index (κ1) is 33.4. The molecule has 1 aromatic heterocycles. The van der Waals surface area contributed by atoms with Gasteiger partial charge in [-0.15, -0.1) is 0 Å². The molecule has 0 bridgehead atoms. The maximum absolute atomic E-state index is 13.1. The number of ether oxygens (including phenoxy) is 2. The number of carboxylic acids is 1. The molecule has 2 aromatic carbocycles. The van der Waals surface area contributed by atoms with E-state index in [2.05, 4.69) is 26.3 Å². The van der Waals surface area contributed by atoms with E-state index < -0.39 is 29.9 Å². The number of anilines is 2. The summed E-state index contributed by atoms with van der Waals surface area (Å²) in [5, 5.41) is 20.7. The lowest BCUT2D eigenvalue weighted by Gasteiger charge is -2.22. The highest BCUT2D eigenvalue weighted by atomic mass is 16.5. The van der Waals surface area contributed by atoms with Crippen LogP contribution in [0.4, 0.5) is 16.3 Å². The normalized spacial score (nSPS) is 12.0. The van der Waals surface area contributed by atoms with Crippen LogP contribution in [0.3, 0.4) is 0 Å². The van der Waals surface area contributed by atoms with Crippen molar-refractivity contribution in [2.45, 2.75) is 45.6 Å². The molecule has 0 aliphatic carbocycles. The van der Waals surface area contributed by atoms with Crippen LogP contribution in [0.1, 0.15) is 42.9 Å².